The molecule has 0 spiro atoms. The SMILES string of the molecule is CN(CCCOc1cccc(Cl)c1)C(=O)c1ccc(CN)cc1.Cl. The number of amides is 1. The van der Waals surface area contributed by atoms with E-state index in [1.807, 2.05) is 36.4 Å². The van der Waals surface area contributed by atoms with Gasteiger partial charge in [-0.1, -0.05) is 29.8 Å². The molecule has 4 nitrogen and oxygen atoms in total. The predicted molar refractivity (Wildman–Crippen MR) is 100 cm³/mol. The maximum atomic E-state index is 12.3. The Bertz CT molecular complexity index is 648. The van der Waals surface area contributed by atoms with Gasteiger partial charge in [0.2, 0.25) is 0 Å². The van der Waals surface area contributed by atoms with Crippen LogP contribution in [0.2, 0.25) is 5.02 Å². The number of carbonyl (C=O) groups excluding carboxylic acids is 1. The van der Waals surface area contributed by atoms with E-state index >= 15 is 0 Å². The molecule has 0 fully saturated rings. The van der Waals surface area contributed by atoms with Crippen LogP contribution in [0.15, 0.2) is 48.5 Å². The quantitative estimate of drug-likeness (QED) is 0.756. The summed E-state index contributed by atoms with van der Waals surface area (Å²) in [6.45, 7) is 1.63. The molecule has 2 N–H and O–H groups in total. The molecule has 1 amide bonds. The molecule has 0 saturated carbocycles. The van der Waals surface area contributed by atoms with Crippen LogP contribution in [0.4, 0.5) is 0 Å². The Kier molecular flexibility index (Phi) is 8.61. The maximum Gasteiger partial charge on any atom is 0.253 e. The minimum Gasteiger partial charge on any atom is -0.493 e. The van der Waals surface area contributed by atoms with Crippen LogP contribution in [0.25, 0.3) is 0 Å². The molecule has 2 aromatic carbocycles. The largest absolute Gasteiger partial charge is 0.493 e. The van der Waals surface area contributed by atoms with Crippen molar-refractivity contribution in [2.24, 2.45) is 5.73 Å². The molecular formula is C18H22Cl2N2O2. The standard InChI is InChI=1S/C18H21ClN2O2.ClH/c1-21(18(22)15-8-6-14(13-20)7-9-15)10-3-11-23-17-5-2-4-16(19)12-17;/h2,4-9,12H,3,10-11,13,20H2,1H3;1H. The number of benzene rings is 2. The summed E-state index contributed by atoms with van der Waals surface area (Å²) in [6, 6.07) is 14.7. The molecule has 2 aromatic rings. The van der Waals surface area contributed by atoms with Gasteiger partial charge in [0.25, 0.3) is 5.91 Å². The van der Waals surface area contributed by atoms with Gasteiger partial charge < -0.3 is 15.4 Å². The third-order valence-electron chi connectivity index (χ3n) is 3.49. The van der Waals surface area contributed by atoms with Crippen molar-refractivity contribution in [3.05, 3.63) is 64.7 Å². The minimum atomic E-state index is -0.00340. The molecule has 0 radical (unpaired) electrons. The number of hydrogen-bond donors (Lipinski definition) is 1. The van der Waals surface area contributed by atoms with Crippen LogP contribution in [-0.4, -0.2) is 31.0 Å². The van der Waals surface area contributed by atoms with Crippen molar-refractivity contribution in [2.45, 2.75) is 13.0 Å². The Morgan fingerprint density at radius 1 is 1.21 bits per heavy atom. The molecule has 130 valence electrons. The van der Waals surface area contributed by atoms with E-state index < -0.39 is 0 Å². The van der Waals surface area contributed by atoms with Crippen LogP contribution in [0.3, 0.4) is 0 Å². The normalized spacial score (nSPS) is 9.96. The van der Waals surface area contributed by atoms with Crippen molar-refractivity contribution >= 4 is 29.9 Å². The molecule has 0 unspecified atom stereocenters. The maximum absolute atomic E-state index is 12.3. The molecule has 0 atom stereocenters. The van der Waals surface area contributed by atoms with Crippen molar-refractivity contribution in [3.63, 3.8) is 0 Å². The highest BCUT2D eigenvalue weighted by Crippen LogP contribution is 2.17. The van der Waals surface area contributed by atoms with Crippen molar-refractivity contribution in [3.8, 4) is 5.75 Å². The van der Waals surface area contributed by atoms with Gasteiger partial charge in [-0.15, -0.1) is 12.4 Å². The summed E-state index contributed by atoms with van der Waals surface area (Å²) in [4.78, 5) is 14.0. The number of ether oxygens (including phenoxy) is 1. The van der Waals surface area contributed by atoms with E-state index in [0.29, 0.717) is 30.3 Å². The van der Waals surface area contributed by atoms with E-state index in [2.05, 4.69) is 0 Å². The summed E-state index contributed by atoms with van der Waals surface area (Å²) in [5.74, 6) is 0.736. The minimum absolute atomic E-state index is 0. The van der Waals surface area contributed by atoms with Gasteiger partial charge in [0, 0.05) is 30.7 Å². The third-order valence-corrected chi connectivity index (χ3v) is 3.72. The average molecular weight is 369 g/mol. The van der Waals surface area contributed by atoms with Crippen molar-refractivity contribution < 1.29 is 9.53 Å². The molecule has 0 aliphatic carbocycles. The first-order chi connectivity index (χ1) is 11.1. The molecule has 0 saturated heterocycles. The van der Waals surface area contributed by atoms with E-state index in [-0.39, 0.29) is 18.3 Å². The molecule has 0 heterocycles. The predicted octanol–water partition coefficient (Wildman–Crippen LogP) is 3.76. The highest BCUT2D eigenvalue weighted by Gasteiger charge is 2.11. The fourth-order valence-electron chi connectivity index (χ4n) is 2.15. The van der Waals surface area contributed by atoms with E-state index in [1.54, 1.807) is 24.1 Å². The van der Waals surface area contributed by atoms with Gasteiger partial charge in [0.05, 0.1) is 6.61 Å². The molecule has 24 heavy (non-hydrogen) atoms. The highest BCUT2D eigenvalue weighted by atomic mass is 35.5. The van der Waals surface area contributed by atoms with E-state index in [4.69, 9.17) is 22.1 Å². The first-order valence-corrected chi connectivity index (χ1v) is 7.91. The van der Waals surface area contributed by atoms with E-state index in [1.165, 1.54) is 0 Å². The van der Waals surface area contributed by atoms with Crippen LogP contribution in [-0.2, 0) is 6.54 Å². The lowest BCUT2D eigenvalue weighted by atomic mass is 10.1. The molecule has 0 aliphatic heterocycles. The molecule has 0 aliphatic rings. The second-order valence-corrected chi connectivity index (χ2v) is 5.72. The summed E-state index contributed by atoms with van der Waals surface area (Å²) in [6.07, 6.45) is 0.746. The number of hydrogen-bond acceptors (Lipinski definition) is 3. The van der Waals surface area contributed by atoms with Gasteiger partial charge in [0.1, 0.15) is 5.75 Å². The molecule has 6 heteroatoms. The molecule has 0 bridgehead atoms. The monoisotopic (exact) mass is 368 g/mol. The number of nitrogens with two attached hydrogens (primary N) is 1. The Balaban J connectivity index is 0.00000288. The van der Waals surface area contributed by atoms with Crippen molar-refractivity contribution in [1.29, 1.82) is 0 Å². The fourth-order valence-corrected chi connectivity index (χ4v) is 2.33. The number of nitrogens with zero attached hydrogens (tertiary/aromatic N) is 1. The Labute approximate surface area is 154 Å². The van der Waals surface area contributed by atoms with Crippen LogP contribution in [0.1, 0.15) is 22.3 Å². The van der Waals surface area contributed by atoms with Gasteiger partial charge in [0.15, 0.2) is 0 Å². The molecule has 2 rings (SSSR count). The Morgan fingerprint density at radius 3 is 2.54 bits per heavy atom. The summed E-state index contributed by atoms with van der Waals surface area (Å²) >= 11 is 5.90. The third kappa shape index (κ3) is 6.04. The van der Waals surface area contributed by atoms with E-state index in [9.17, 15) is 4.79 Å². The summed E-state index contributed by atoms with van der Waals surface area (Å²) in [5.41, 5.74) is 7.24. The first-order valence-electron chi connectivity index (χ1n) is 7.53. The number of carbonyl (C=O) groups is 1. The Morgan fingerprint density at radius 2 is 1.92 bits per heavy atom. The zero-order valence-electron chi connectivity index (χ0n) is 13.6. The average Bonchev–Trinajstić information content (AvgIpc) is 2.58. The molecule has 0 aromatic heterocycles. The highest BCUT2D eigenvalue weighted by molar-refractivity contribution is 6.30. The Hall–Kier alpha value is -1.75. The lowest BCUT2D eigenvalue weighted by Gasteiger charge is -2.17. The number of halogens is 2. The zero-order valence-corrected chi connectivity index (χ0v) is 15.1. The van der Waals surface area contributed by atoms with Gasteiger partial charge >= 0.3 is 0 Å². The summed E-state index contributed by atoms with van der Waals surface area (Å²) in [5, 5.41) is 0.649. The first kappa shape index (κ1) is 20.3. The van der Waals surface area contributed by atoms with E-state index in [0.717, 1.165) is 17.7 Å². The zero-order chi connectivity index (χ0) is 16.7. The van der Waals surface area contributed by atoms with Crippen LogP contribution in [0, 0.1) is 0 Å². The number of rotatable bonds is 7. The second kappa shape index (κ2) is 10.2. The van der Waals surface area contributed by atoms with Gasteiger partial charge in [-0.2, -0.15) is 0 Å². The van der Waals surface area contributed by atoms with Crippen molar-refractivity contribution in [1.82, 2.24) is 4.90 Å². The van der Waals surface area contributed by atoms with Gasteiger partial charge in [-0.25, -0.2) is 0 Å². The topological polar surface area (TPSA) is 55.6 Å². The van der Waals surface area contributed by atoms with Crippen LogP contribution < -0.4 is 10.5 Å². The second-order valence-electron chi connectivity index (χ2n) is 5.29. The smallest absolute Gasteiger partial charge is 0.253 e. The van der Waals surface area contributed by atoms with Crippen LogP contribution >= 0.6 is 24.0 Å². The lowest BCUT2D eigenvalue weighted by Crippen LogP contribution is -2.28. The van der Waals surface area contributed by atoms with Gasteiger partial charge in [-0.05, 0) is 42.3 Å². The van der Waals surface area contributed by atoms with Crippen molar-refractivity contribution in [2.75, 3.05) is 20.2 Å². The summed E-state index contributed by atoms with van der Waals surface area (Å²) in [7, 11) is 1.79. The lowest BCUT2D eigenvalue weighted by molar-refractivity contribution is 0.0788. The summed E-state index contributed by atoms with van der Waals surface area (Å²) < 4.78 is 5.62. The fraction of sp³-hybridized carbons (Fsp3) is 0.278. The molecular weight excluding hydrogens is 347 g/mol. The van der Waals surface area contributed by atoms with Gasteiger partial charge in [-0.3, -0.25) is 4.79 Å². The van der Waals surface area contributed by atoms with Crippen LogP contribution in [0.5, 0.6) is 5.75 Å².